The topological polar surface area (TPSA) is 98.7 Å². The number of carbonyl (C=O) groups is 2. The molecule has 1 atom stereocenters. The van der Waals surface area contributed by atoms with E-state index in [0.29, 0.717) is 0 Å². The molecule has 0 fully saturated rings. The third-order valence-electron chi connectivity index (χ3n) is 0.989. The summed E-state index contributed by atoms with van der Waals surface area (Å²) in [7, 11) is 0. The minimum atomic E-state index is -1.37. The van der Waals surface area contributed by atoms with Crippen LogP contribution < -0.4 is 10.4 Å². The maximum Gasteiger partial charge on any atom is 0.348 e. The third kappa shape index (κ3) is 4.64. The van der Waals surface area contributed by atoms with Crippen molar-refractivity contribution in [3.05, 3.63) is 0 Å². The van der Waals surface area contributed by atoms with Crippen LogP contribution in [-0.4, -0.2) is 36.4 Å². The first-order valence-electron chi connectivity index (χ1n) is 3.35. The van der Waals surface area contributed by atoms with E-state index < -0.39 is 24.7 Å². The zero-order chi connectivity index (χ0) is 9.56. The van der Waals surface area contributed by atoms with Crippen molar-refractivity contribution in [1.29, 1.82) is 0 Å². The molecule has 2 N–H and O–H groups in total. The number of rotatable bonds is 6. The Bertz CT molecular complexity index is 169. The molecule has 0 aliphatic rings. The Morgan fingerprint density at radius 2 is 2.25 bits per heavy atom. The van der Waals surface area contributed by atoms with Crippen LogP contribution in [0.25, 0.3) is 0 Å². The summed E-state index contributed by atoms with van der Waals surface area (Å²) in [5, 5.41) is 20.5. The predicted octanol–water partition coefficient (Wildman–Crippen LogP) is -2.23. The lowest BCUT2D eigenvalue weighted by atomic mass is 10.5. The van der Waals surface area contributed by atoms with E-state index in [4.69, 9.17) is 5.11 Å². The summed E-state index contributed by atoms with van der Waals surface area (Å²) >= 11 is 0. The molecule has 6 heteroatoms. The van der Waals surface area contributed by atoms with E-state index in [9.17, 15) is 14.7 Å². The molecule has 0 bridgehead atoms. The molecule has 12 heavy (non-hydrogen) atoms. The van der Waals surface area contributed by atoms with Crippen LogP contribution in [0.5, 0.6) is 0 Å². The Kier molecular flexibility index (Phi) is 4.98. The molecule has 6 nitrogen and oxygen atoms in total. The quantitative estimate of drug-likeness (QED) is 0.444. The van der Waals surface area contributed by atoms with Crippen molar-refractivity contribution in [2.75, 3.05) is 13.2 Å². The van der Waals surface area contributed by atoms with Gasteiger partial charge in [0.15, 0.2) is 0 Å². The molecule has 0 heterocycles. The molecule has 0 aromatic heterocycles. The van der Waals surface area contributed by atoms with Crippen LogP contribution >= 0.6 is 0 Å². The summed E-state index contributed by atoms with van der Waals surface area (Å²) in [6, 6.07) is 0. The number of aliphatic carboxylic acids is 2. The lowest BCUT2D eigenvalue weighted by Crippen LogP contribution is -2.45. The normalized spacial score (nSPS) is 12.4. The van der Waals surface area contributed by atoms with E-state index in [-0.39, 0.29) is 6.61 Å². The highest BCUT2D eigenvalue weighted by Crippen LogP contribution is 1.86. The van der Waals surface area contributed by atoms with Gasteiger partial charge in [-0.15, -0.1) is 0 Å². The van der Waals surface area contributed by atoms with Crippen molar-refractivity contribution >= 4 is 11.9 Å². The highest BCUT2D eigenvalue weighted by atomic mass is 16.5. The molecule has 0 saturated carbocycles. The number of hydrogen-bond acceptors (Lipinski definition) is 5. The van der Waals surface area contributed by atoms with Crippen LogP contribution in [0, 0.1) is 0 Å². The van der Waals surface area contributed by atoms with E-state index in [2.05, 4.69) is 10.1 Å². The molecule has 70 valence electrons. The summed E-state index contributed by atoms with van der Waals surface area (Å²) in [4.78, 5) is 20.2. The Labute approximate surface area is 69.1 Å². The van der Waals surface area contributed by atoms with Crippen molar-refractivity contribution in [1.82, 2.24) is 5.32 Å². The minimum Gasteiger partial charge on any atom is -0.549 e. The third-order valence-corrected chi connectivity index (χ3v) is 0.989. The number of hydrogen-bond donors (Lipinski definition) is 2. The Balaban J connectivity index is 3.79. The lowest BCUT2D eigenvalue weighted by Gasteiger charge is -2.13. The number of nitrogens with one attached hydrogen (secondary N) is 1. The van der Waals surface area contributed by atoms with Crippen molar-refractivity contribution in [3.63, 3.8) is 0 Å². The van der Waals surface area contributed by atoms with Crippen LogP contribution in [0.4, 0.5) is 0 Å². The fraction of sp³-hybridized carbons (Fsp3) is 0.667. The molecule has 0 spiro atoms. The highest BCUT2D eigenvalue weighted by molar-refractivity contribution is 5.73. The fourth-order valence-corrected chi connectivity index (χ4v) is 0.560. The predicted molar refractivity (Wildman–Crippen MR) is 36.1 cm³/mol. The second-order valence-electron chi connectivity index (χ2n) is 1.93. The first kappa shape index (κ1) is 10.9. The van der Waals surface area contributed by atoms with Crippen molar-refractivity contribution in [2.45, 2.75) is 13.2 Å². The van der Waals surface area contributed by atoms with Crippen LogP contribution in [0.3, 0.4) is 0 Å². The summed E-state index contributed by atoms with van der Waals surface area (Å²) in [5.74, 6) is -2.63. The molecule has 0 amide bonds. The Morgan fingerprint density at radius 1 is 1.67 bits per heavy atom. The van der Waals surface area contributed by atoms with Crippen LogP contribution in [0.15, 0.2) is 0 Å². The average molecular weight is 176 g/mol. The van der Waals surface area contributed by atoms with Gasteiger partial charge in [0.05, 0.1) is 5.97 Å². The van der Waals surface area contributed by atoms with E-state index in [1.54, 1.807) is 6.92 Å². The van der Waals surface area contributed by atoms with E-state index >= 15 is 0 Å². The molecule has 1 unspecified atom stereocenters. The first-order chi connectivity index (χ1) is 5.57. The number of ether oxygens (including phenoxy) is 1. The van der Waals surface area contributed by atoms with Gasteiger partial charge in [-0.2, -0.15) is 0 Å². The molecular formula is C6H10NO5-. The highest BCUT2D eigenvalue weighted by Gasteiger charge is 2.15. The maximum absolute atomic E-state index is 10.3. The molecular weight excluding hydrogens is 166 g/mol. The molecule has 0 radical (unpaired) electrons. The van der Waals surface area contributed by atoms with Crippen LogP contribution in [0.1, 0.15) is 6.92 Å². The standard InChI is InChI=1S/C6H11NO5/c1-2-12-5(6(10)11)7-3-4(8)9/h5,7H,2-3H2,1H3,(H,8,9)(H,10,11)/p-1. The van der Waals surface area contributed by atoms with Gasteiger partial charge in [-0.05, 0) is 6.92 Å². The summed E-state index contributed by atoms with van der Waals surface area (Å²) in [6.07, 6.45) is -1.28. The summed E-state index contributed by atoms with van der Waals surface area (Å²) in [6.45, 7) is 1.25. The average Bonchev–Trinajstić information content (AvgIpc) is 1.96. The molecule has 0 aliphatic carbocycles. The first-order valence-corrected chi connectivity index (χ1v) is 3.35. The zero-order valence-corrected chi connectivity index (χ0v) is 6.57. The molecule has 0 aromatic rings. The van der Waals surface area contributed by atoms with Gasteiger partial charge in [0.25, 0.3) is 0 Å². The smallest absolute Gasteiger partial charge is 0.348 e. The van der Waals surface area contributed by atoms with Gasteiger partial charge in [0.1, 0.15) is 0 Å². The largest absolute Gasteiger partial charge is 0.549 e. The van der Waals surface area contributed by atoms with Crippen molar-refractivity contribution < 1.29 is 24.5 Å². The zero-order valence-electron chi connectivity index (χ0n) is 6.57. The van der Waals surface area contributed by atoms with E-state index in [0.717, 1.165) is 0 Å². The van der Waals surface area contributed by atoms with Crippen LogP contribution in [0.2, 0.25) is 0 Å². The lowest BCUT2D eigenvalue weighted by molar-refractivity contribution is -0.304. The van der Waals surface area contributed by atoms with Gasteiger partial charge in [0, 0.05) is 13.2 Å². The van der Waals surface area contributed by atoms with Gasteiger partial charge in [-0.3, -0.25) is 5.32 Å². The van der Waals surface area contributed by atoms with Gasteiger partial charge in [0.2, 0.25) is 6.23 Å². The SMILES string of the molecule is CCOC(NCC(=O)[O-])C(=O)O. The van der Waals surface area contributed by atoms with Gasteiger partial charge >= 0.3 is 5.97 Å². The number of carboxylic acids is 2. The molecule has 0 aromatic carbocycles. The maximum atomic E-state index is 10.3. The van der Waals surface area contributed by atoms with Crippen LogP contribution in [-0.2, 0) is 14.3 Å². The molecule has 0 aliphatic heterocycles. The summed E-state index contributed by atoms with van der Waals surface area (Å²) < 4.78 is 4.65. The number of carboxylic acid groups (broad SMARTS) is 2. The minimum absolute atomic E-state index is 0.191. The molecule has 0 saturated heterocycles. The second kappa shape index (κ2) is 5.50. The molecule has 0 rings (SSSR count). The van der Waals surface area contributed by atoms with E-state index in [1.807, 2.05) is 0 Å². The van der Waals surface area contributed by atoms with Gasteiger partial charge < -0.3 is 19.7 Å². The number of carbonyl (C=O) groups excluding carboxylic acids is 1. The second-order valence-corrected chi connectivity index (χ2v) is 1.93. The van der Waals surface area contributed by atoms with Gasteiger partial charge in [-0.1, -0.05) is 0 Å². The monoisotopic (exact) mass is 176 g/mol. The van der Waals surface area contributed by atoms with E-state index in [1.165, 1.54) is 0 Å². The van der Waals surface area contributed by atoms with Crippen molar-refractivity contribution in [2.24, 2.45) is 0 Å². The fourth-order valence-electron chi connectivity index (χ4n) is 0.560. The Hall–Kier alpha value is -1.14. The van der Waals surface area contributed by atoms with Gasteiger partial charge in [-0.25, -0.2) is 4.79 Å². The van der Waals surface area contributed by atoms with Crippen molar-refractivity contribution in [3.8, 4) is 0 Å². The Morgan fingerprint density at radius 3 is 2.58 bits per heavy atom. The summed E-state index contributed by atoms with van der Waals surface area (Å²) in [5.41, 5.74) is 0.